The van der Waals surface area contributed by atoms with Gasteiger partial charge in [0.2, 0.25) is 0 Å². The second-order valence-electron chi connectivity index (χ2n) is 7.19. The Bertz CT molecular complexity index is 1040. The highest BCUT2D eigenvalue weighted by molar-refractivity contribution is 6.30. The van der Waals surface area contributed by atoms with Crippen LogP contribution < -0.4 is 17.0 Å². The van der Waals surface area contributed by atoms with Crippen molar-refractivity contribution >= 4 is 23.4 Å². The van der Waals surface area contributed by atoms with E-state index in [9.17, 15) is 19.5 Å². The third-order valence-corrected chi connectivity index (χ3v) is 5.56. The van der Waals surface area contributed by atoms with Crippen LogP contribution in [-0.4, -0.2) is 56.2 Å². The number of carboxylic acid groups (broad SMARTS) is 1. The molecule has 10 heteroatoms. The van der Waals surface area contributed by atoms with Crippen molar-refractivity contribution in [3.8, 4) is 0 Å². The molecule has 156 valence electrons. The zero-order valence-corrected chi connectivity index (χ0v) is 17.1. The van der Waals surface area contributed by atoms with Crippen LogP contribution in [0.3, 0.4) is 0 Å². The summed E-state index contributed by atoms with van der Waals surface area (Å²) in [6.07, 6.45) is 0. The zero-order valence-electron chi connectivity index (χ0n) is 16.3. The van der Waals surface area contributed by atoms with Crippen LogP contribution in [0.2, 0.25) is 5.02 Å². The fourth-order valence-electron chi connectivity index (χ4n) is 3.68. The Morgan fingerprint density at radius 1 is 1.17 bits per heavy atom. The Hall–Kier alpha value is -2.62. The first-order valence-corrected chi connectivity index (χ1v) is 9.57. The van der Waals surface area contributed by atoms with E-state index >= 15 is 0 Å². The van der Waals surface area contributed by atoms with E-state index in [-0.39, 0.29) is 11.4 Å². The predicted octanol–water partition coefficient (Wildman–Crippen LogP) is 0.263. The Morgan fingerprint density at radius 3 is 2.41 bits per heavy atom. The summed E-state index contributed by atoms with van der Waals surface area (Å²) in [4.78, 5) is 40.7. The van der Waals surface area contributed by atoms with Crippen molar-refractivity contribution in [2.24, 2.45) is 14.1 Å². The number of anilines is 1. The average molecular weight is 422 g/mol. The van der Waals surface area contributed by atoms with Crippen LogP contribution in [-0.2, 0) is 25.4 Å². The van der Waals surface area contributed by atoms with Gasteiger partial charge in [0.15, 0.2) is 0 Å². The molecule has 0 aliphatic carbocycles. The molecule has 1 atom stereocenters. The number of aromatic nitrogens is 2. The number of aliphatic carboxylic acids is 1. The molecule has 29 heavy (non-hydrogen) atoms. The quantitative estimate of drug-likeness (QED) is 0.711. The van der Waals surface area contributed by atoms with E-state index in [1.54, 1.807) is 4.90 Å². The number of rotatable bonds is 5. The smallest absolute Gasteiger partial charge is 0.332 e. The lowest BCUT2D eigenvalue weighted by Crippen LogP contribution is -2.51. The van der Waals surface area contributed by atoms with E-state index in [4.69, 9.17) is 17.3 Å². The molecule has 0 radical (unpaired) electrons. The van der Waals surface area contributed by atoms with Gasteiger partial charge < -0.3 is 10.8 Å². The van der Waals surface area contributed by atoms with Crippen molar-refractivity contribution < 1.29 is 9.90 Å². The van der Waals surface area contributed by atoms with Gasteiger partial charge in [-0.05, 0) is 17.7 Å². The predicted molar refractivity (Wildman–Crippen MR) is 110 cm³/mol. The lowest BCUT2D eigenvalue weighted by Gasteiger charge is -2.38. The van der Waals surface area contributed by atoms with Crippen molar-refractivity contribution in [2.75, 3.05) is 31.9 Å². The topological polar surface area (TPSA) is 114 Å². The van der Waals surface area contributed by atoms with Crippen LogP contribution in [0.25, 0.3) is 0 Å². The third-order valence-electron chi connectivity index (χ3n) is 5.32. The SMILES string of the molecule is Cn1c(N)c(C(C(=O)O)N2CCN(Cc3cccc(Cl)c3)CC2)c(=O)n(C)c1=O. The summed E-state index contributed by atoms with van der Waals surface area (Å²) in [5.41, 5.74) is 5.71. The molecule has 1 fully saturated rings. The van der Waals surface area contributed by atoms with Crippen molar-refractivity contribution in [3.63, 3.8) is 0 Å². The third kappa shape index (κ3) is 4.21. The van der Waals surface area contributed by atoms with Crippen LogP contribution >= 0.6 is 11.6 Å². The molecule has 2 aromatic rings. The van der Waals surface area contributed by atoms with Gasteiger partial charge in [-0.2, -0.15) is 0 Å². The summed E-state index contributed by atoms with van der Waals surface area (Å²) in [6.45, 7) is 2.85. The minimum atomic E-state index is -1.21. The van der Waals surface area contributed by atoms with Gasteiger partial charge in [-0.25, -0.2) is 4.79 Å². The van der Waals surface area contributed by atoms with Crippen molar-refractivity contribution in [1.82, 2.24) is 18.9 Å². The Morgan fingerprint density at radius 2 is 1.83 bits per heavy atom. The molecule has 1 aliphatic heterocycles. The normalized spacial score (nSPS) is 16.7. The van der Waals surface area contributed by atoms with Gasteiger partial charge >= 0.3 is 11.7 Å². The molecular weight excluding hydrogens is 398 g/mol. The second-order valence-corrected chi connectivity index (χ2v) is 7.62. The van der Waals surface area contributed by atoms with Crippen LogP contribution in [0.4, 0.5) is 5.82 Å². The molecule has 0 spiro atoms. The standard InChI is InChI=1S/C19H24ClN5O4/c1-22-16(21)14(17(26)23(2)19(22)29)15(18(27)28)25-8-6-24(7-9-25)11-12-4-3-5-13(20)10-12/h3-5,10,15H,6-9,11,21H2,1-2H3,(H,27,28). The largest absolute Gasteiger partial charge is 0.480 e. The van der Waals surface area contributed by atoms with Gasteiger partial charge in [-0.15, -0.1) is 0 Å². The molecule has 2 heterocycles. The molecule has 0 amide bonds. The molecular formula is C19H24ClN5O4. The Kier molecular flexibility index (Phi) is 6.11. The number of hydrogen-bond acceptors (Lipinski definition) is 6. The van der Waals surface area contributed by atoms with Crippen molar-refractivity contribution in [3.05, 3.63) is 61.3 Å². The zero-order chi connectivity index (χ0) is 21.3. The molecule has 3 N–H and O–H groups in total. The van der Waals surface area contributed by atoms with E-state index < -0.39 is 23.3 Å². The number of halogens is 1. The number of carboxylic acids is 1. The average Bonchev–Trinajstić information content (AvgIpc) is 2.69. The molecule has 3 rings (SSSR count). The van der Waals surface area contributed by atoms with Gasteiger partial charge in [-0.1, -0.05) is 23.7 Å². The van der Waals surface area contributed by atoms with Crippen LogP contribution in [0.15, 0.2) is 33.9 Å². The first-order chi connectivity index (χ1) is 13.7. The summed E-state index contributed by atoms with van der Waals surface area (Å²) in [6, 6.07) is 6.40. The van der Waals surface area contributed by atoms with E-state index in [0.29, 0.717) is 37.7 Å². The van der Waals surface area contributed by atoms with Gasteiger partial charge in [0.1, 0.15) is 11.9 Å². The van der Waals surface area contributed by atoms with Gasteiger partial charge in [0.05, 0.1) is 5.56 Å². The van der Waals surface area contributed by atoms with Crippen LogP contribution in [0, 0.1) is 0 Å². The molecule has 1 aromatic carbocycles. The fraction of sp³-hybridized carbons (Fsp3) is 0.421. The number of nitrogens with zero attached hydrogens (tertiary/aromatic N) is 4. The maximum atomic E-state index is 12.6. The number of hydrogen-bond donors (Lipinski definition) is 2. The summed E-state index contributed by atoms with van der Waals surface area (Å²) >= 11 is 6.04. The number of nitrogen functional groups attached to an aromatic ring is 1. The van der Waals surface area contributed by atoms with Gasteiger partial charge in [0.25, 0.3) is 5.56 Å². The number of carbonyl (C=O) groups is 1. The molecule has 1 unspecified atom stereocenters. The Labute approximate surface area is 172 Å². The highest BCUT2D eigenvalue weighted by Gasteiger charge is 2.35. The highest BCUT2D eigenvalue weighted by Crippen LogP contribution is 2.24. The molecule has 0 saturated carbocycles. The van der Waals surface area contributed by atoms with Crippen molar-refractivity contribution in [2.45, 2.75) is 12.6 Å². The maximum Gasteiger partial charge on any atom is 0.332 e. The first-order valence-electron chi connectivity index (χ1n) is 9.19. The maximum absolute atomic E-state index is 12.6. The van der Waals surface area contributed by atoms with Crippen molar-refractivity contribution in [1.29, 1.82) is 0 Å². The summed E-state index contributed by atoms with van der Waals surface area (Å²) in [7, 11) is 2.73. The lowest BCUT2D eigenvalue weighted by molar-refractivity contribution is -0.144. The number of nitrogens with two attached hydrogens (primary N) is 1. The van der Waals surface area contributed by atoms with Gasteiger partial charge in [0, 0.05) is 51.8 Å². The summed E-state index contributed by atoms with van der Waals surface area (Å²) < 4.78 is 1.99. The van der Waals surface area contributed by atoms with E-state index in [0.717, 1.165) is 14.7 Å². The van der Waals surface area contributed by atoms with Crippen LogP contribution in [0.1, 0.15) is 17.2 Å². The van der Waals surface area contributed by atoms with E-state index in [2.05, 4.69) is 4.90 Å². The van der Waals surface area contributed by atoms with E-state index in [1.165, 1.54) is 14.1 Å². The van der Waals surface area contributed by atoms with E-state index in [1.807, 2.05) is 24.3 Å². The highest BCUT2D eigenvalue weighted by atomic mass is 35.5. The molecule has 9 nitrogen and oxygen atoms in total. The Balaban J connectivity index is 1.82. The number of piperazine rings is 1. The minimum absolute atomic E-state index is 0.0783. The second kappa shape index (κ2) is 8.40. The number of benzene rings is 1. The molecule has 1 aromatic heterocycles. The molecule has 1 saturated heterocycles. The summed E-state index contributed by atoms with van der Waals surface area (Å²) in [5.74, 6) is -1.29. The minimum Gasteiger partial charge on any atom is -0.480 e. The monoisotopic (exact) mass is 421 g/mol. The summed E-state index contributed by atoms with van der Waals surface area (Å²) in [5, 5.41) is 10.5. The van der Waals surface area contributed by atoms with Crippen LogP contribution in [0.5, 0.6) is 0 Å². The molecule has 0 bridgehead atoms. The molecule has 1 aliphatic rings. The lowest BCUT2D eigenvalue weighted by atomic mass is 10.1. The fourth-order valence-corrected chi connectivity index (χ4v) is 3.89. The first kappa shape index (κ1) is 21.1. The van der Waals surface area contributed by atoms with Gasteiger partial charge in [-0.3, -0.25) is 28.5 Å².